The minimum Gasteiger partial charge on any atom is -0.296 e. The van der Waals surface area contributed by atoms with Gasteiger partial charge in [0, 0.05) is 12.8 Å². The minimum absolute atomic E-state index is 0.131. The molecule has 0 spiro atoms. The minimum atomic E-state index is -1.41. The average molecular weight is 206 g/mol. The van der Waals surface area contributed by atoms with Gasteiger partial charge >= 0.3 is 0 Å². The molecule has 0 heterocycles. The third-order valence-corrected chi connectivity index (χ3v) is 2.10. The molecular weight excluding hydrogens is 191 g/mol. The zero-order chi connectivity index (χ0) is 11.3. The van der Waals surface area contributed by atoms with Gasteiger partial charge in [-0.15, -0.1) is 6.58 Å². The highest BCUT2D eigenvalue weighted by atomic mass is 19.1. The maximum Gasteiger partial charge on any atom is 0.171 e. The first-order valence-corrected chi connectivity index (χ1v) is 4.94. The van der Waals surface area contributed by atoms with Crippen LogP contribution in [-0.2, 0) is 11.2 Å². The van der Waals surface area contributed by atoms with Crippen LogP contribution in [0, 0.1) is 0 Å². The van der Waals surface area contributed by atoms with Crippen LogP contribution in [0.15, 0.2) is 42.5 Å². The summed E-state index contributed by atoms with van der Waals surface area (Å²) in [5.74, 6) is -0.371. The van der Waals surface area contributed by atoms with Gasteiger partial charge in [0.05, 0.1) is 0 Å². The Kier molecular flexibility index (Phi) is 4.22. The molecule has 2 heteroatoms. The van der Waals surface area contributed by atoms with E-state index < -0.39 is 6.17 Å². The van der Waals surface area contributed by atoms with Crippen molar-refractivity contribution in [2.75, 3.05) is 0 Å². The van der Waals surface area contributed by atoms with Crippen LogP contribution in [0.25, 0.3) is 0 Å². The molecule has 0 radical (unpaired) electrons. The summed E-state index contributed by atoms with van der Waals surface area (Å²) >= 11 is 0. The Morgan fingerprint density at radius 1 is 1.40 bits per heavy atom. The third-order valence-electron chi connectivity index (χ3n) is 2.10. The maximum absolute atomic E-state index is 13.3. The van der Waals surface area contributed by atoms with Crippen molar-refractivity contribution in [3.63, 3.8) is 0 Å². The number of Topliss-reactive ketones (excluding diaryl/α,β-unsaturated/α-hetero) is 1. The summed E-state index contributed by atoms with van der Waals surface area (Å²) in [4.78, 5) is 11.4. The van der Waals surface area contributed by atoms with E-state index in [0.717, 1.165) is 5.56 Å². The van der Waals surface area contributed by atoms with Crippen molar-refractivity contribution in [3.05, 3.63) is 48.0 Å². The van der Waals surface area contributed by atoms with E-state index in [0.29, 0.717) is 5.57 Å². The van der Waals surface area contributed by atoms with Crippen molar-refractivity contribution in [3.8, 4) is 0 Å². The van der Waals surface area contributed by atoms with Crippen molar-refractivity contribution >= 4 is 5.78 Å². The highest BCUT2D eigenvalue weighted by molar-refractivity contribution is 5.85. The van der Waals surface area contributed by atoms with Gasteiger partial charge in [-0.1, -0.05) is 35.9 Å². The SMILES string of the molecule is C=C(C)CC(F)C(=O)Cc1ccccc1. The molecule has 1 nitrogen and oxygen atoms in total. The second-order valence-corrected chi connectivity index (χ2v) is 3.76. The van der Waals surface area contributed by atoms with Gasteiger partial charge in [-0.2, -0.15) is 0 Å². The Balaban J connectivity index is 2.52. The Bertz CT molecular complexity index is 343. The Morgan fingerprint density at radius 2 is 2.00 bits per heavy atom. The molecular formula is C13H15FO. The first kappa shape index (κ1) is 11.6. The molecule has 0 bridgehead atoms. The summed E-state index contributed by atoms with van der Waals surface area (Å²) in [7, 11) is 0. The van der Waals surface area contributed by atoms with Crippen LogP contribution in [0.3, 0.4) is 0 Å². The van der Waals surface area contributed by atoms with Crippen molar-refractivity contribution in [1.82, 2.24) is 0 Å². The van der Waals surface area contributed by atoms with E-state index in [1.165, 1.54) is 0 Å². The van der Waals surface area contributed by atoms with Crippen molar-refractivity contribution in [2.24, 2.45) is 0 Å². The van der Waals surface area contributed by atoms with Gasteiger partial charge in [-0.3, -0.25) is 4.79 Å². The molecule has 15 heavy (non-hydrogen) atoms. The quantitative estimate of drug-likeness (QED) is 0.676. The maximum atomic E-state index is 13.3. The fraction of sp³-hybridized carbons (Fsp3) is 0.308. The van der Waals surface area contributed by atoms with Crippen LogP contribution in [0.2, 0.25) is 0 Å². The lowest BCUT2D eigenvalue weighted by Gasteiger charge is -2.06. The molecule has 1 unspecified atom stereocenters. The lowest BCUT2D eigenvalue weighted by molar-refractivity contribution is -0.123. The number of benzene rings is 1. The summed E-state index contributed by atoms with van der Waals surface area (Å²) in [6.07, 6.45) is -1.12. The molecule has 0 N–H and O–H groups in total. The topological polar surface area (TPSA) is 17.1 Å². The highest BCUT2D eigenvalue weighted by Gasteiger charge is 2.17. The molecule has 0 fully saturated rings. The van der Waals surface area contributed by atoms with E-state index in [2.05, 4.69) is 6.58 Å². The standard InChI is InChI=1S/C13H15FO/c1-10(2)8-12(14)13(15)9-11-6-4-3-5-7-11/h3-7,12H,1,8-9H2,2H3. The second-order valence-electron chi connectivity index (χ2n) is 3.76. The van der Waals surface area contributed by atoms with Crippen molar-refractivity contribution in [2.45, 2.75) is 25.9 Å². The van der Waals surface area contributed by atoms with Crippen LogP contribution in [0.4, 0.5) is 4.39 Å². The number of allylic oxidation sites excluding steroid dienone is 1. The van der Waals surface area contributed by atoms with E-state index in [1.807, 2.05) is 30.3 Å². The molecule has 1 atom stereocenters. The van der Waals surface area contributed by atoms with Gasteiger partial charge in [0.1, 0.15) is 0 Å². The first-order valence-electron chi connectivity index (χ1n) is 4.94. The predicted octanol–water partition coefficient (Wildman–Crippen LogP) is 3.10. The molecule has 1 aromatic rings. The lowest BCUT2D eigenvalue weighted by Crippen LogP contribution is -2.18. The summed E-state index contributed by atoms with van der Waals surface area (Å²) in [6, 6.07) is 9.20. The number of hydrogen-bond donors (Lipinski definition) is 0. The summed E-state index contributed by atoms with van der Waals surface area (Å²) in [5, 5.41) is 0. The zero-order valence-electron chi connectivity index (χ0n) is 8.87. The molecule has 80 valence electrons. The summed E-state index contributed by atoms with van der Waals surface area (Å²) in [5.41, 5.74) is 1.55. The highest BCUT2D eigenvalue weighted by Crippen LogP contribution is 2.10. The number of ketones is 1. The molecule has 1 aromatic carbocycles. The van der Waals surface area contributed by atoms with E-state index in [4.69, 9.17) is 0 Å². The zero-order valence-corrected chi connectivity index (χ0v) is 8.87. The third kappa shape index (κ3) is 4.07. The average Bonchev–Trinajstić information content (AvgIpc) is 2.18. The Morgan fingerprint density at radius 3 is 2.53 bits per heavy atom. The van der Waals surface area contributed by atoms with Crippen molar-refractivity contribution < 1.29 is 9.18 Å². The van der Waals surface area contributed by atoms with Gasteiger partial charge in [0.15, 0.2) is 12.0 Å². The van der Waals surface area contributed by atoms with E-state index in [1.54, 1.807) is 6.92 Å². The Labute approximate surface area is 89.6 Å². The lowest BCUT2D eigenvalue weighted by atomic mass is 10.0. The number of rotatable bonds is 5. The first-order chi connectivity index (χ1) is 7.09. The van der Waals surface area contributed by atoms with Gasteiger partial charge in [-0.25, -0.2) is 4.39 Å². The van der Waals surface area contributed by atoms with Crippen LogP contribution in [0.5, 0.6) is 0 Å². The van der Waals surface area contributed by atoms with E-state index in [-0.39, 0.29) is 18.6 Å². The number of carbonyl (C=O) groups excluding carboxylic acids is 1. The molecule has 0 aliphatic carbocycles. The number of halogens is 1. The molecule has 0 amide bonds. The predicted molar refractivity (Wildman–Crippen MR) is 59.5 cm³/mol. The van der Waals surface area contributed by atoms with Crippen LogP contribution in [0.1, 0.15) is 18.9 Å². The number of alkyl halides is 1. The van der Waals surface area contributed by atoms with Gasteiger partial charge < -0.3 is 0 Å². The summed E-state index contributed by atoms with van der Waals surface area (Å²) in [6.45, 7) is 5.32. The van der Waals surface area contributed by atoms with E-state index >= 15 is 0 Å². The monoisotopic (exact) mass is 206 g/mol. The summed E-state index contributed by atoms with van der Waals surface area (Å²) < 4.78 is 13.3. The fourth-order valence-corrected chi connectivity index (χ4v) is 1.33. The number of carbonyl (C=O) groups is 1. The largest absolute Gasteiger partial charge is 0.296 e. The molecule has 1 rings (SSSR count). The smallest absolute Gasteiger partial charge is 0.171 e. The fourth-order valence-electron chi connectivity index (χ4n) is 1.33. The van der Waals surface area contributed by atoms with Crippen LogP contribution < -0.4 is 0 Å². The van der Waals surface area contributed by atoms with Crippen molar-refractivity contribution in [1.29, 1.82) is 0 Å². The normalized spacial score (nSPS) is 12.1. The molecule has 0 aliphatic rings. The van der Waals surface area contributed by atoms with Gasteiger partial charge in [0.2, 0.25) is 0 Å². The molecule has 0 aromatic heterocycles. The van der Waals surface area contributed by atoms with Crippen LogP contribution >= 0.6 is 0 Å². The second kappa shape index (κ2) is 5.44. The van der Waals surface area contributed by atoms with E-state index in [9.17, 15) is 9.18 Å². The molecule has 0 saturated heterocycles. The van der Waals surface area contributed by atoms with Gasteiger partial charge in [0.25, 0.3) is 0 Å². The molecule has 0 aliphatic heterocycles. The number of hydrogen-bond acceptors (Lipinski definition) is 1. The van der Waals surface area contributed by atoms with Crippen LogP contribution in [-0.4, -0.2) is 12.0 Å². The van der Waals surface area contributed by atoms with Gasteiger partial charge in [-0.05, 0) is 12.5 Å². The Hall–Kier alpha value is -1.44. The molecule has 0 saturated carbocycles.